The number of thiazole rings is 1. The molecular formula is C18H24FN3S. The van der Waals surface area contributed by atoms with E-state index in [0.717, 1.165) is 42.8 Å². The molecular weight excluding hydrogens is 309 g/mol. The van der Waals surface area contributed by atoms with Gasteiger partial charge < -0.3 is 5.32 Å². The Morgan fingerprint density at radius 3 is 2.83 bits per heavy atom. The summed E-state index contributed by atoms with van der Waals surface area (Å²) >= 11 is 1.53. The van der Waals surface area contributed by atoms with E-state index in [0.29, 0.717) is 5.56 Å². The fraction of sp³-hybridized carbons (Fsp3) is 0.500. The number of halogens is 1. The highest BCUT2D eigenvalue weighted by Gasteiger charge is 2.19. The van der Waals surface area contributed by atoms with E-state index in [2.05, 4.69) is 20.6 Å². The molecule has 2 heterocycles. The summed E-state index contributed by atoms with van der Waals surface area (Å²) in [5.74, 6) is 0.654. The van der Waals surface area contributed by atoms with Crippen molar-refractivity contribution in [2.45, 2.75) is 25.8 Å². The van der Waals surface area contributed by atoms with Crippen LogP contribution in [0.5, 0.6) is 0 Å². The summed E-state index contributed by atoms with van der Waals surface area (Å²) in [5.41, 5.74) is 1.66. The second kappa shape index (κ2) is 7.99. The first-order valence-electron chi connectivity index (χ1n) is 8.32. The maximum Gasteiger partial charge on any atom is 0.133 e. The molecule has 1 aromatic carbocycles. The first-order chi connectivity index (χ1) is 11.3. The van der Waals surface area contributed by atoms with Gasteiger partial charge in [0.25, 0.3) is 0 Å². The van der Waals surface area contributed by atoms with Gasteiger partial charge >= 0.3 is 0 Å². The van der Waals surface area contributed by atoms with Crippen molar-refractivity contribution in [2.24, 2.45) is 5.92 Å². The van der Waals surface area contributed by atoms with Crippen LogP contribution in [0.4, 0.5) is 4.39 Å². The third-order valence-corrected chi connectivity index (χ3v) is 5.48. The van der Waals surface area contributed by atoms with E-state index in [1.165, 1.54) is 36.7 Å². The number of hydrogen-bond donors (Lipinski definition) is 1. The standard InChI is InChI=1S/C18H24FN3S/c1-20-9-6-14-7-10-22(11-8-14)12-15-13-23-18(21-15)16-4-2-3-5-17(16)19/h2-5,13-14,20H,6-12H2,1H3. The van der Waals surface area contributed by atoms with E-state index >= 15 is 0 Å². The van der Waals surface area contributed by atoms with Crippen molar-refractivity contribution < 1.29 is 4.39 Å². The van der Waals surface area contributed by atoms with E-state index in [4.69, 9.17) is 0 Å². The topological polar surface area (TPSA) is 28.2 Å². The lowest BCUT2D eigenvalue weighted by Gasteiger charge is -2.31. The number of nitrogens with zero attached hydrogens (tertiary/aromatic N) is 2. The highest BCUT2D eigenvalue weighted by Crippen LogP contribution is 2.27. The van der Waals surface area contributed by atoms with Crippen LogP contribution in [0.1, 0.15) is 25.0 Å². The van der Waals surface area contributed by atoms with Gasteiger partial charge in [-0.15, -0.1) is 11.3 Å². The molecule has 23 heavy (non-hydrogen) atoms. The summed E-state index contributed by atoms with van der Waals surface area (Å²) in [4.78, 5) is 7.10. The molecule has 0 atom stereocenters. The van der Waals surface area contributed by atoms with Gasteiger partial charge in [-0.1, -0.05) is 12.1 Å². The Morgan fingerprint density at radius 1 is 1.30 bits per heavy atom. The zero-order chi connectivity index (χ0) is 16.1. The van der Waals surface area contributed by atoms with Gasteiger partial charge in [-0.3, -0.25) is 4.90 Å². The van der Waals surface area contributed by atoms with Crippen LogP contribution in [-0.2, 0) is 6.54 Å². The van der Waals surface area contributed by atoms with Gasteiger partial charge in [-0.2, -0.15) is 0 Å². The molecule has 0 aliphatic carbocycles. The van der Waals surface area contributed by atoms with Crippen molar-refractivity contribution >= 4 is 11.3 Å². The van der Waals surface area contributed by atoms with Gasteiger partial charge in [0, 0.05) is 17.5 Å². The van der Waals surface area contributed by atoms with Gasteiger partial charge in [-0.05, 0) is 64.0 Å². The zero-order valence-corrected chi connectivity index (χ0v) is 14.4. The number of rotatable bonds is 6. The molecule has 0 spiro atoms. The first-order valence-corrected chi connectivity index (χ1v) is 9.20. The number of likely N-dealkylation sites (tertiary alicyclic amines) is 1. The average Bonchev–Trinajstić information content (AvgIpc) is 3.03. The molecule has 1 aromatic heterocycles. The van der Waals surface area contributed by atoms with Crippen LogP contribution < -0.4 is 5.32 Å². The fourth-order valence-electron chi connectivity index (χ4n) is 3.15. The average molecular weight is 333 g/mol. The fourth-order valence-corrected chi connectivity index (χ4v) is 3.99. The number of piperidine rings is 1. The summed E-state index contributed by atoms with van der Waals surface area (Å²) in [6.45, 7) is 4.27. The third kappa shape index (κ3) is 4.37. The van der Waals surface area contributed by atoms with E-state index < -0.39 is 0 Å². The summed E-state index contributed by atoms with van der Waals surface area (Å²) in [7, 11) is 2.02. The van der Waals surface area contributed by atoms with Crippen LogP contribution in [0.2, 0.25) is 0 Å². The van der Waals surface area contributed by atoms with Gasteiger partial charge in [0.1, 0.15) is 10.8 Å². The molecule has 0 unspecified atom stereocenters. The van der Waals surface area contributed by atoms with Crippen molar-refractivity contribution in [3.8, 4) is 10.6 Å². The summed E-state index contributed by atoms with van der Waals surface area (Å²) in [5, 5.41) is 6.08. The molecule has 0 radical (unpaired) electrons. The van der Waals surface area contributed by atoms with Gasteiger partial charge in [-0.25, -0.2) is 9.37 Å². The van der Waals surface area contributed by atoms with Crippen LogP contribution in [0.3, 0.4) is 0 Å². The van der Waals surface area contributed by atoms with Crippen molar-refractivity contribution in [1.29, 1.82) is 0 Å². The summed E-state index contributed by atoms with van der Waals surface area (Å²) < 4.78 is 13.8. The highest BCUT2D eigenvalue weighted by atomic mass is 32.1. The molecule has 1 aliphatic rings. The Hall–Kier alpha value is -1.30. The second-order valence-corrected chi connectivity index (χ2v) is 7.09. The van der Waals surface area contributed by atoms with Crippen LogP contribution in [-0.4, -0.2) is 36.6 Å². The Bertz CT molecular complexity index is 620. The van der Waals surface area contributed by atoms with Gasteiger partial charge in [0.05, 0.1) is 5.69 Å². The Labute approximate surface area is 141 Å². The molecule has 3 nitrogen and oxygen atoms in total. The minimum atomic E-state index is -0.196. The van der Waals surface area contributed by atoms with E-state index in [1.54, 1.807) is 12.1 Å². The third-order valence-electron chi connectivity index (χ3n) is 4.55. The number of nitrogens with one attached hydrogen (secondary N) is 1. The minimum Gasteiger partial charge on any atom is -0.320 e. The molecule has 1 N–H and O–H groups in total. The predicted octanol–water partition coefficient (Wildman–Crippen LogP) is 3.77. The van der Waals surface area contributed by atoms with Crippen molar-refractivity contribution in [1.82, 2.24) is 15.2 Å². The predicted molar refractivity (Wildman–Crippen MR) is 94.1 cm³/mol. The maximum absolute atomic E-state index is 13.8. The molecule has 2 aromatic rings. The lowest BCUT2D eigenvalue weighted by atomic mass is 9.93. The second-order valence-electron chi connectivity index (χ2n) is 6.24. The number of benzene rings is 1. The number of aromatic nitrogens is 1. The first kappa shape index (κ1) is 16.6. The van der Waals surface area contributed by atoms with Crippen LogP contribution >= 0.6 is 11.3 Å². The molecule has 124 valence electrons. The normalized spacial score (nSPS) is 16.8. The molecule has 1 fully saturated rings. The van der Waals surface area contributed by atoms with Crippen LogP contribution in [0.15, 0.2) is 29.6 Å². The van der Waals surface area contributed by atoms with Crippen molar-refractivity contribution in [3.05, 3.63) is 41.2 Å². The van der Waals surface area contributed by atoms with Crippen molar-refractivity contribution in [3.63, 3.8) is 0 Å². The van der Waals surface area contributed by atoms with Crippen molar-refractivity contribution in [2.75, 3.05) is 26.7 Å². The lowest BCUT2D eigenvalue weighted by Crippen LogP contribution is -2.34. The minimum absolute atomic E-state index is 0.196. The summed E-state index contributed by atoms with van der Waals surface area (Å²) in [6.07, 6.45) is 3.82. The molecule has 3 rings (SSSR count). The maximum atomic E-state index is 13.8. The monoisotopic (exact) mass is 333 g/mol. The molecule has 0 saturated carbocycles. The van der Waals surface area contributed by atoms with E-state index in [-0.39, 0.29) is 5.82 Å². The Morgan fingerprint density at radius 2 is 2.09 bits per heavy atom. The molecule has 0 amide bonds. The largest absolute Gasteiger partial charge is 0.320 e. The molecule has 5 heteroatoms. The zero-order valence-electron chi connectivity index (χ0n) is 13.6. The van der Waals surface area contributed by atoms with Crippen LogP contribution in [0, 0.1) is 11.7 Å². The van der Waals surface area contributed by atoms with E-state index in [9.17, 15) is 4.39 Å². The Kier molecular flexibility index (Phi) is 5.75. The molecule has 1 saturated heterocycles. The number of hydrogen-bond acceptors (Lipinski definition) is 4. The SMILES string of the molecule is CNCCC1CCN(Cc2csc(-c3ccccc3F)n2)CC1. The lowest BCUT2D eigenvalue weighted by molar-refractivity contribution is 0.171. The smallest absolute Gasteiger partial charge is 0.133 e. The van der Waals surface area contributed by atoms with Gasteiger partial charge in [0.15, 0.2) is 0 Å². The van der Waals surface area contributed by atoms with Crippen LogP contribution in [0.25, 0.3) is 10.6 Å². The molecule has 0 bridgehead atoms. The summed E-state index contributed by atoms with van der Waals surface area (Å²) in [6, 6.07) is 6.86. The van der Waals surface area contributed by atoms with Gasteiger partial charge in [0.2, 0.25) is 0 Å². The quantitative estimate of drug-likeness (QED) is 0.872. The highest BCUT2D eigenvalue weighted by molar-refractivity contribution is 7.13. The Balaban J connectivity index is 1.55. The van der Waals surface area contributed by atoms with E-state index in [1.807, 2.05) is 13.1 Å². The molecule has 1 aliphatic heterocycles.